The summed E-state index contributed by atoms with van der Waals surface area (Å²) in [5.41, 5.74) is 9.30. The highest BCUT2D eigenvalue weighted by Gasteiger charge is 2.43. The molecule has 39 heavy (non-hydrogen) atoms. The molecule has 2 aromatic carbocycles. The minimum absolute atomic E-state index is 0.217. The highest BCUT2D eigenvalue weighted by Crippen LogP contribution is 2.26. The number of aliphatic carboxylic acids is 1. The third-order valence-corrected chi connectivity index (χ3v) is 7.65. The van der Waals surface area contributed by atoms with Gasteiger partial charge in [0.2, 0.25) is 17.7 Å². The molecule has 9 nitrogen and oxygen atoms in total. The van der Waals surface area contributed by atoms with Crippen molar-refractivity contribution in [2.75, 3.05) is 13.1 Å². The Morgan fingerprint density at radius 3 is 2.18 bits per heavy atom. The molecule has 4 N–H and O–H groups in total. The van der Waals surface area contributed by atoms with Crippen LogP contribution in [0.25, 0.3) is 0 Å². The number of benzene rings is 2. The van der Waals surface area contributed by atoms with Crippen LogP contribution in [0.1, 0.15) is 48.8 Å². The van der Waals surface area contributed by atoms with Crippen molar-refractivity contribution in [3.8, 4) is 0 Å². The number of hydrogen-bond acceptors (Lipinski definition) is 5. The van der Waals surface area contributed by atoms with Gasteiger partial charge in [0.1, 0.15) is 12.1 Å². The second-order valence-corrected chi connectivity index (χ2v) is 10.7. The van der Waals surface area contributed by atoms with Crippen molar-refractivity contribution >= 4 is 23.7 Å². The normalized spacial score (nSPS) is 20.5. The van der Waals surface area contributed by atoms with E-state index in [1.165, 1.54) is 0 Å². The highest BCUT2D eigenvalue weighted by molar-refractivity contribution is 5.94. The first-order chi connectivity index (χ1) is 18.7. The van der Waals surface area contributed by atoms with Gasteiger partial charge in [0.25, 0.3) is 0 Å². The van der Waals surface area contributed by atoms with Gasteiger partial charge < -0.3 is 26.0 Å². The Labute approximate surface area is 229 Å². The van der Waals surface area contributed by atoms with Crippen LogP contribution in [0.3, 0.4) is 0 Å². The summed E-state index contributed by atoms with van der Waals surface area (Å²) in [6.45, 7) is 2.88. The zero-order valence-electron chi connectivity index (χ0n) is 22.4. The van der Waals surface area contributed by atoms with Crippen LogP contribution in [0.2, 0.25) is 0 Å². The van der Waals surface area contributed by atoms with Gasteiger partial charge in [-0.25, -0.2) is 0 Å². The van der Waals surface area contributed by atoms with Gasteiger partial charge in [0.15, 0.2) is 0 Å². The molecule has 0 aliphatic carbocycles. The van der Waals surface area contributed by atoms with Gasteiger partial charge in [0, 0.05) is 19.1 Å². The number of carbonyl (C=O) groups is 4. The Hall–Kier alpha value is -3.72. The van der Waals surface area contributed by atoms with E-state index in [4.69, 9.17) is 5.73 Å². The van der Waals surface area contributed by atoms with Crippen molar-refractivity contribution in [2.45, 2.75) is 76.0 Å². The standard InChI is InChI=1S/C30H38N4O5/c1-20-11-13-22(14-12-20)18-24(31)29(38)34-16-6-10-26(34)30(39)33-15-5-9-25(33)28(37)32-23(19-27(35)36)17-21-7-3-2-4-8-21/h2-4,7-8,11-14,23-26H,5-6,9-10,15-19,31H2,1H3,(H,32,37)(H,35,36). The first kappa shape index (κ1) is 28.3. The van der Waals surface area contributed by atoms with Crippen LogP contribution in [-0.4, -0.2) is 75.9 Å². The summed E-state index contributed by atoms with van der Waals surface area (Å²) in [6.07, 6.45) is 2.94. The van der Waals surface area contributed by atoms with E-state index in [1.54, 1.807) is 9.80 Å². The third-order valence-electron chi connectivity index (χ3n) is 7.65. The third kappa shape index (κ3) is 7.23. The van der Waals surface area contributed by atoms with E-state index in [0.29, 0.717) is 51.6 Å². The molecule has 2 fully saturated rings. The van der Waals surface area contributed by atoms with E-state index in [0.717, 1.165) is 16.7 Å². The maximum Gasteiger partial charge on any atom is 0.305 e. The van der Waals surface area contributed by atoms with Crippen molar-refractivity contribution < 1.29 is 24.3 Å². The maximum absolute atomic E-state index is 13.7. The predicted molar refractivity (Wildman–Crippen MR) is 147 cm³/mol. The summed E-state index contributed by atoms with van der Waals surface area (Å²) in [6, 6.07) is 14.6. The molecule has 9 heteroatoms. The number of nitrogens with one attached hydrogen (secondary N) is 1. The van der Waals surface area contributed by atoms with Crippen LogP contribution in [0.5, 0.6) is 0 Å². The van der Waals surface area contributed by atoms with Gasteiger partial charge in [-0.1, -0.05) is 60.2 Å². The van der Waals surface area contributed by atoms with Gasteiger partial charge in [0.05, 0.1) is 12.5 Å². The van der Waals surface area contributed by atoms with Gasteiger partial charge in [-0.15, -0.1) is 0 Å². The Balaban J connectivity index is 1.40. The molecule has 0 saturated carbocycles. The number of carboxylic acids is 1. The molecule has 3 amide bonds. The number of amides is 3. The molecule has 2 aliphatic heterocycles. The van der Waals surface area contributed by atoms with Crippen LogP contribution in [0.4, 0.5) is 0 Å². The molecule has 0 radical (unpaired) electrons. The van der Waals surface area contributed by atoms with Crippen molar-refractivity contribution in [1.29, 1.82) is 0 Å². The SMILES string of the molecule is Cc1ccc(CC(N)C(=O)N2CCCC2C(=O)N2CCCC2C(=O)NC(CC(=O)O)Cc2ccccc2)cc1. The van der Waals surface area contributed by atoms with Crippen molar-refractivity contribution in [2.24, 2.45) is 5.73 Å². The number of aryl methyl sites for hydroxylation is 1. The summed E-state index contributed by atoms with van der Waals surface area (Å²) < 4.78 is 0. The van der Waals surface area contributed by atoms with Crippen molar-refractivity contribution in [3.05, 3.63) is 71.3 Å². The van der Waals surface area contributed by atoms with Gasteiger partial charge in [-0.2, -0.15) is 0 Å². The molecule has 2 heterocycles. The molecule has 4 unspecified atom stereocenters. The van der Waals surface area contributed by atoms with E-state index >= 15 is 0 Å². The summed E-state index contributed by atoms with van der Waals surface area (Å²) >= 11 is 0. The fourth-order valence-electron chi connectivity index (χ4n) is 5.64. The molecule has 4 atom stereocenters. The quantitative estimate of drug-likeness (QED) is 0.427. The number of nitrogens with two attached hydrogens (primary N) is 1. The lowest BCUT2D eigenvalue weighted by molar-refractivity contribution is -0.147. The van der Waals surface area contributed by atoms with Gasteiger partial charge in [-0.3, -0.25) is 19.2 Å². The van der Waals surface area contributed by atoms with E-state index < -0.39 is 30.1 Å². The molecule has 0 spiro atoms. The van der Waals surface area contributed by atoms with Gasteiger partial charge >= 0.3 is 5.97 Å². The molecule has 2 aliphatic rings. The Morgan fingerprint density at radius 2 is 1.51 bits per heavy atom. The second-order valence-electron chi connectivity index (χ2n) is 10.7. The summed E-state index contributed by atoms with van der Waals surface area (Å²) in [4.78, 5) is 54.9. The Morgan fingerprint density at radius 1 is 0.897 bits per heavy atom. The zero-order valence-corrected chi connectivity index (χ0v) is 22.4. The molecule has 0 aromatic heterocycles. The lowest BCUT2D eigenvalue weighted by atomic mass is 10.0. The first-order valence-electron chi connectivity index (χ1n) is 13.7. The molecular weight excluding hydrogens is 496 g/mol. The van der Waals surface area contributed by atoms with Crippen LogP contribution < -0.4 is 11.1 Å². The maximum atomic E-state index is 13.7. The average Bonchev–Trinajstić information content (AvgIpc) is 3.60. The molecule has 208 valence electrons. The molecule has 2 saturated heterocycles. The number of nitrogens with zero attached hydrogens (tertiary/aromatic N) is 2. The van der Waals surface area contributed by atoms with E-state index in [2.05, 4.69) is 5.32 Å². The smallest absolute Gasteiger partial charge is 0.305 e. The summed E-state index contributed by atoms with van der Waals surface area (Å²) in [5.74, 6) is -1.84. The highest BCUT2D eigenvalue weighted by atomic mass is 16.4. The number of hydrogen-bond donors (Lipinski definition) is 3. The van der Waals surface area contributed by atoms with Crippen LogP contribution in [-0.2, 0) is 32.0 Å². The summed E-state index contributed by atoms with van der Waals surface area (Å²) in [5, 5.41) is 12.3. The van der Waals surface area contributed by atoms with E-state index in [1.807, 2.05) is 61.5 Å². The fraction of sp³-hybridized carbons (Fsp3) is 0.467. The lowest BCUT2D eigenvalue weighted by Gasteiger charge is -2.32. The van der Waals surface area contributed by atoms with E-state index in [9.17, 15) is 24.3 Å². The topological polar surface area (TPSA) is 133 Å². The van der Waals surface area contributed by atoms with Gasteiger partial charge in [-0.05, 0) is 56.6 Å². The monoisotopic (exact) mass is 534 g/mol. The minimum Gasteiger partial charge on any atom is -0.481 e. The number of likely N-dealkylation sites (tertiary alicyclic amines) is 2. The molecule has 2 aromatic rings. The Kier molecular flexibility index (Phi) is 9.35. The van der Waals surface area contributed by atoms with Crippen LogP contribution in [0.15, 0.2) is 54.6 Å². The van der Waals surface area contributed by atoms with E-state index in [-0.39, 0.29) is 24.1 Å². The molecular formula is C30H38N4O5. The minimum atomic E-state index is -1.00. The molecule has 0 bridgehead atoms. The lowest BCUT2D eigenvalue weighted by Crippen LogP contribution is -2.56. The number of carboxylic acid groups (broad SMARTS) is 1. The van der Waals surface area contributed by atoms with Crippen molar-refractivity contribution in [3.63, 3.8) is 0 Å². The number of rotatable bonds is 10. The largest absolute Gasteiger partial charge is 0.481 e. The van der Waals surface area contributed by atoms with Crippen LogP contribution in [0, 0.1) is 6.92 Å². The second kappa shape index (κ2) is 12.9. The first-order valence-corrected chi connectivity index (χ1v) is 13.7. The Bertz CT molecular complexity index is 1170. The average molecular weight is 535 g/mol. The predicted octanol–water partition coefficient (Wildman–Crippen LogP) is 2.05. The zero-order chi connectivity index (χ0) is 27.9. The van der Waals surface area contributed by atoms with Crippen LogP contribution >= 0.6 is 0 Å². The number of carbonyl (C=O) groups excluding carboxylic acids is 3. The fourth-order valence-corrected chi connectivity index (χ4v) is 5.64. The summed E-state index contributed by atoms with van der Waals surface area (Å²) in [7, 11) is 0. The molecule has 4 rings (SSSR count). The van der Waals surface area contributed by atoms with Crippen molar-refractivity contribution in [1.82, 2.24) is 15.1 Å².